The van der Waals surface area contributed by atoms with Gasteiger partial charge in [0.2, 0.25) is 0 Å². The predicted octanol–water partition coefficient (Wildman–Crippen LogP) is 9.34. The molecule has 0 N–H and O–H groups in total. The van der Waals surface area contributed by atoms with Gasteiger partial charge in [-0.2, -0.15) is 0 Å². The van der Waals surface area contributed by atoms with Crippen LogP contribution in [0.5, 0.6) is 0 Å². The van der Waals surface area contributed by atoms with Crippen LogP contribution in [0, 0.1) is 0 Å². The molecule has 0 aliphatic rings. The fraction of sp³-hybridized carbons (Fsp3) is 0. The second kappa shape index (κ2) is 10.2. The van der Waals surface area contributed by atoms with E-state index in [-0.39, 0.29) is 0 Å². The number of fused-ring (bicyclic) bond motifs is 6. The Labute approximate surface area is 253 Å². The molecule has 0 amide bonds. The molecule has 0 saturated carbocycles. The van der Waals surface area contributed by atoms with Gasteiger partial charge in [0.15, 0.2) is 0 Å². The predicted molar refractivity (Wildman–Crippen MR) is 186 cm³/mol. The molecule has 42 heavy (non-hydrogen) atoms. The molecule has 2 heteroatoms. The molecule has 0 heterocycles. The summed E-state index contributed by atoms with van der Waals surface area (Å²) in [5, 5.41) is 14.3. The number of benzene rings is 8. The Bertz CT molecular complexity index is 2170. The summed E-state index contributed by atoms with van der Waals surface area (Å²) in [6.07, 6.45) is 0. The van der Waals surface area contributed by atoms with Gasteiger partial charge in [0.05, 0.1) is 0 Å². The molecule has 0 nitrogen and oxygen atoms in total. The minimum absolute atomic E-state index is 1.24. The van der Waals surface area contributed by atoms with Crippen molar-refractivity contribution in [2.75, 3.05) is 0 Å². The van der Waals surface area contributed by atoms with Gasteiger partial charge >= 0.3 is 255 Å². The van der Waals surface area contributed by atoms with Crippen molar-refractivity contribution in [2.24, 2.45) is 0 Å². The van der Waals surface area contributed by atoms with Gasteiger partial charge in [-0.1, -0.05) is 0 Å². The molecule has 0 aromatic heterocycles. The fourth-order valence-corrected chi connectivity index (χ4v) is 11.4. The van der Waals surface area contributed by atoms with Crippen molar-refractivity contribution < 1.29 is 0 Å². The number of hydrogen-bond acceptors (Lipinski definition) is 0. The van der Waals surface area contributed by atoms with Crippen LogP contribution in [-0.2, 0) is 0 Å². The first-order chi connectivity index (χ1) is 20.7. The third-order valence-corrected chi connectivity index (χ3v) is 15.6. The quantitative estimate of drug-likeness (QED) is 0.0799. The van der Waals surface area contributed by atoms with Crippen LogP contribution >= 0.6 is 5.51 Å². The molecule has 198 valence electrons. The maximum atomic E-state index is 3.71. The molecule has 8 rings (SSSR count). The summed E-state index contributed by atoms with van der Waals surface area (Å²) in [6, 6.07) is 60.3. The van der Waals surface area contributed by atoms with E-state index in [0.29, 0.717) is 0 Å². The van der Waals surface area contributed by atoms with Crippen molar-refractivity contribution in [3.63, 3.8) is 0 Å². The Morgan fingerprint density at radius 1 is 0.333 bits per heavy atom. The van der Waals surface area contributed by atoms with Crippen molar-refractivity contribution >= 4 is 79.6 Å². The maximum absolute atomic E-state index is 3.71. The van der Waals surface area contributed by atoms with E-state index in [1.165, 1.54) is 70.1 Å². The van der Waals surface area contributed by atoms with E-state index in [4.69, 9.17) is 0 Å². The van der Waals surface area contributed by atoms with Gasteiger partial charge in [0, 0.05) is 0 Å². The molecule has 0 aliphatic heterocycles. The van der Waals surface area contributed by atoms with Crippen molar-refractivity contribution in [2.45, 2.75) is 0 Å². The van der Waals surface area contributed by atoms with Gasteiger partial charge in [-0.25, -0.2) is 0 Å². The molecule has 0 saturated heterocycles. The van der Waals surface area contributed by atoms with Crippen LogP contribution in [0.3, 0.4) is 0 Å². The molecular weight excluding hydrogens is 590 g/mol. The van der Waals surface area contributed by atoms with Crippen LogP contribution in [0.2, 0.25) is 0 Å². The molecule has 0 aliphatic carbocycles. The topological polar surface area (TPSA) is 0 Å². The van der Waals surface area contributed by atoms with E-state index in [2.05, 4.69) is 179 Å². The van der Waals surface area contributed by atoms with Gasteiger partial charge in [-0.15, -0.1) is 0 Å². The van der Waals surface area contributed by atoms with Crippen LogP contribution in [0.25, 0.3) is 54.2 Å². The van der Waals surface area contributed by atoms with Crippen molar-refractivity contribution in [3.8, 4) is 11.1 Å². The summed E-state index contributed by atoms with van der Waals surface area (Å²) in [7, 11) is 0. The summed E-state index contributed by atoms with van der Waals surface area (Å²) < 4.78 is 0. The molecule has 0 spiro atoms. The number of rotatable bonds is 4. The van der Waals surface area contributed by atoms with E-state index in [9.17, 15) is 0 Å². The summed E-state index contributed by atoms with van der Waals surface area (Å²) >= 11 is 3.71. The summed E-state index contributed by atoms with van der Waals surface area (Å²) in [5.74, 6) is 0. The van der Waals surface area contributed by atoms with Crippen LogP contribution in [0.4, 0.5) is 0 Å². The normalized spacial score (nSPS) is 11.9. The summed E-state index contributed by atoms with van der Waals surface area (Å²) in [4.78, 5) is 0. The molecule has 0 atom stereocenters. The zero-order chi connectivity index (χ0) is 28.1. The van der Waals surface area contributed by atoms with Gasteiger partial charge in [0.25, 0.3) is 0 Å². The molecule has 8 aromatic carbocycles. The molecule has 0 bridgehead atoms. The van der Waals surface area contributed by atoms with Crippen LogP contribution in [0.1, 0.15) is 0 Å². The Balaban J connectivity index is 1.41. The van der Waals surface area contributed by atoms with Crippen molar-refractivity contribution in [1.29, 1.82) is 0 Å². The zero-order valence-corrected chi connectivity index (χ0v) is 25.6. The fourth-order valence-electron chi connectivity index (χ4n) is 6.50. The van der Waals surface area contributed by atoms with Crippen LogP contribution in [0.15, 0.2) is 164 Å². The molecule has 0 radical (unpaired) electrons. The van der Waals surface area contributed by atoms with E-state index in [1.54, 1.807) is 0 Å². The first-order valence-electron chi connectivity index (χ1n) is 14.3. The van der Waals surface area contributed by atoms with Gasteiger partial charge < -0.3 is 0 Å². The molecule has 0 unspecified atom stereocenters. The van der Waals surface area contributed by atoms with Gasteiger partial charge in [0.1, 0.15) is 0 Å². The van der Waals surface area contributed by atoms with E-state index in [1.807, 2.05) is 0 Å². The van der Waals surface area contributed by atoms with Crippen molar-refractivity contribution in [3.05, 3.63) is 164 Å². The van der Waals surface area contributed by atoms with Crippen LogP contribution < -0.4 is 15.9 Å². The summed E-state index contributed by atoms with van der Waals surface area (Å²) in [6.45, 7) is 0. The Morgan fingerprint density at radius 3 is 1.26 bits per heavy atom. The average Bonchev–Trinajstić information content (AvgIpc) is 3.07. The van der Waals surface area contributed by atoms with Crippen molar-refractivity contribution in [1.82, 2.24) is 0 Å². The third kappa shape index (κ3) is 4.01. The van der Waals surface area contributed by atoms with E-state index >= 15 is 0 Å². The van der Waals surface area contributed by atoms with E-state index < -0.39 is 5.51 Å². The Hall–Kier alpha value is -4.25. The van der Waals surface area contributed by atoms with Gasteiger partial charge in [-0.05, 0) is 0 Å². The second-order valence-electron chi connectivity index (χ2n) is 10.8. The first-order valence-corrected chi connectivity index (χ1v) is 18.3. The SMILES string of the molecule is [Se]=P(c1ccccc1)(c1ccccc1)c1ccc(-c2c3ccc4ccccc4c3cc3c2ccc2ccccc23)cc1. The first kappa shape index (κ1) is 25.5. The minimum atomic E-state index is -1.92. The summed E-state index contributed by atoms with van der Waals surface area (Å²) in [5.41, 5.74) is 0.619. The molecule has 8 aromatic rings. The van der Waals surface area contributed by atoms with E-state index in [0.717, 1.165) is 0 Å². The zero-order valence-electron chi connectivity index (χ0n) is 22.9. The molecular formula is C40H27PSe. The Morgan fingerprint density at radius 2 is 0.762 bits per heavy atom. The average molecular weight is 618 g/mol. The number of hydrogen-bond donors (Lipinski definition) is 0. The molecule has 0 fully saturated rings. The van der Waals surface area contributed by atoms with Gasteiger partial charge in [-0.3, -0.25) is 0 Å². The monoisotopic (exact) mass is 618 g/mol. The second-order valence-corrected chi connectivity index (χ2v) is 17.1. The third-order valence-electron chi connectivity index (χ3n) is 8.53. The Kier molecular flexibility index (Phi) is 6.20. The van der Waals surface area contributed by atoms with Crippen LogP contribution in [-0.4, -0.2) is 15.1 Å². The standard InChI is InChI=1S/C40H27PSe/c42-41(31-13-3-1-4-14-31,32-15-5-2-6-16-32)33-23-19-30(20-24-33)40-36-25-21-28-11-7-9-17-34(28)38(36)27-39-35-18-10-8-12-29(35)22-26-37(39)40/h1-27H.